The lowest BCUT2D eigenvalue weighted by Gasteiger charge is -2.32. The number of aromatic nitrogens is 10. The van der Waals surface area contributed by atoms with Crippen LogP contribution >= 0.6 is 70.1 Å². The number of thioether (sulfide) groups is 3. The number of aromatic hydroxyl groups is 2. The van der Waals surface area contributed by atoms with Gasteiger partial charge in [-0.3, -0.25) is 48.1 Å². The third-order valence-electron chi connectivity index (χ3n) is 19.9. The number of hydroxylamine groups is 8. The van der Waals surface area contributed by atoms with Gasteiger partial charge in [0.05, 0.1) is 74.8 Å². The first-order valence-electron chi connectivity index (χ1n) is 42.0. The number of amides is 4. The van der Waals surface area contributed by atoms with E-state index in [0.717, 1.165) is 92.6 Å². The molecule has 9 heterocycles. The standard InChI is InChI=1S/C18H21N3O3S.C18H19N3O3S.C14H20N2O2.C13H12ClN3O3.C11H19BO2S.C9H11NO3.C7H6O3.C4H2Cl2N2/c2*1-21(23-2)18(22)14-3-5-15(6-4-14)24-17-16(19-9-10-20-17)13-7-11-25-12-8-13;1-10(2)17-14(18-11(3)4)16-9-15-12-7-5-6-8-13(12)16;1-17(19-2)13(18)9-3-5-10(6-4-9)20-12-11(14)15-7-8-16-12;1-10(2)11(3,4)14-12(13-10)9-5-7-15-8-6-9;1-10(13-2)9(12)7-3-5-8(11)6-4-7;8-6-3-1-5(2-4-6)7(9)10;5-3-4(6)8-2-1-7-3/h3-6,9-10,13H,7-8,11-12H2,1-2H3;3-7,9-10H,8,11-12H2,1-2H3;5-11,14H,1-4H3;3-8H,1-2H3;5H,6-8H2,1-4H3;3-6,11H,1-2H3;1-4,8H,(H,9,10);1-2H. The van der Waals surface area contributed by atoms with Gasteiger partial charge in [-0.1, -0.05) is 59.1 Å². The Morgan fingerprint density at radius 1 is 0.455 bits per heavy atom. The van der Waals surface area contributed by atoms with E-state index in [9.17, 15) is 24.0 Å². The second kappa shape index (κ2) is 54.8. The average molecular weight is 1950 g/mol. The maximum Gasteiger partial charge on any atom is 0.490 e. The first-order valence-corrected chi connectivity index (χ1v) is 46.6. The molecule has 11 aromatic rings. The van der Waals surface area contributed by atoms with Crippen LogP contribution in [-0.4, -0.2) is 236 Å². The number of carboxylic acids is 1. The molecule has 2 saturated heterocycles. The molecule has 0 saturated carbocycles. The van der Waals surface area contributed by atoms with E-state index >= 15 is 0 Å². The van der Waals surface area contributed by atoms with E-state index in [-0.39, 0.29) is 92.6 Å². The number of nitrogens with zero attached hydrogens (tertiary/aromatic N) is 14. The SMILES string of the molecule is CC(C)OC(OC(C)C)n1cnc2ccccc21.CC1(C)OB(C2=CCSCC2)OC1(C)C.CON(C)C(=O)c1ccc(O)cc1.CON(C)C(=O)c1ccc(Oc2nccnc2C2=CCSCC2)cc1.CON(C)C(=O)c1ccc(Oc2nccnc2C2CCSCC2)cc1.CON(C)C(=O)c1ccc(Oc2nccnc2Cl)cc1.Clc1nccnc1Cl.O=C(O)c1ccc(O)cc1. The van der Waals surface area contributed by atoms with E-state index in [1.165, 1.54) is 137 Å². The molecule has 134 heavy (non-hydrogen) atoms. The Kier molecular flexibility index (Phi) is 44.2. The van der Waals surface area contributed by atoms with Crippen LogP contribution in [0.4, 0.5) is 0 Å². The molecule has 4 amide bonds. The summed E-state index contributed by atoms with van der Waals surface area (Å²) in [6.45, 7) is 16.4. The predicted octanol–water partition coefficient (Wildman–Crippen LogP) is 19.4. The third kappa shape index (κ3) is 33.9. The number of phenolic OH excluding ortho intramolecular Hbond substituents is 2. The number of imidazole rings is 1. The van der Waals surface area contributed by atoms with E-state index < -0.39 is 12.4 Å². The van der Waals surface area contributed by atoms with Gasteiger partial charge in [0, 0.05) is 117 Å². The molecule has 0 bridgehead atoms. The van der Waals surface area contributed by atoms with E-state index in [1.54, 1.807) is 118 Å². The van der Waals surface area contributed by atoms with E-state index in [2.05, 4.69) is 84.7 Å². The minimum atomic E-state index is -0.986. The molecule has 0 unspecified atom stereocenters. The summed E-state index contributed by atoms with van der Waals surface area (Å²) in [5.41, 5.74) is 7.92. The summed E-state index contributed by atoms with van der Waals surface area (Å²) in [4.78, 5) is 114. The summed E-state index contributed by atoms with van der Waals surface area (Å²) in [6, 6.07) is 39.6. The largest absolute Gasteiger partial charge is 0.508 e. The highest BCUT2D eigenvalue weighted by Crippen LogP contribution is 2.41. The minimum absolute atomic E-state index is 0.0741. The van der Waals surface area contributed by atoms with Gasteiger partial charge in [0.15, 0.2) is 15.5 Å². The molecule has 3 N–H and O–H groups in total. The van der Waals surface area contributed by atoms with Crippen LogP contribution in [0.25, 0.3) is 16.6 Å². The van der Waals surface area contributed by atoms with Crippen LogP contribution in [0.5, 0.6) is 46.4 Å². The van der Waals surface area contributed by atoms with Gasteiger partial charge in [-0.15, -0.1) is 0 Å². The maximum absolute atomic E-state index is 12.0. The molecular formula is C94H110BCl3N14O19S3. The van der Waals surface area contributed by atoms with Crippen LogP contribution in [0.3, 0.4) is 0 Å². The average Bonchev–Trinajstić information content (AvgIpc) is 1.62. The molecule has 0 atom stereocenters. The molecule has 15 rings (SSSR count). The highest BCUT2D eigenvalue weighted by molar-refractivity contribution is 7.99. The van der Waals surface area contributed by atoms with Gasteiger partial charge >= 0.3 is 13.1 Å². The smallest absolute Gasteiger partial charge is 0.490 e. The summed E-state index contributed by atoms with van der Waals surface area (Å²) in [5, 5.41) is 31.4. The van der Waals surface area contributed by atoms with Crippen molar-refractivity contribution in [2.45, 2.75) is 117 Å². The lowest BCUT2D eigenvalue weighted by atomic mass is 9.76. The molecular weight excluding hydrogens is 1840 g/mol. The Labute approximate surface area is 807 Å². The van der Waals surface area contributed by atoms with Crippen molar-refractivity contribution in [2.24, 2.45) is 0 Å². The fraction of sp³-hybridized carbons (Fsp3) is 0.340. The van der Waals surface area contributed by atoms with Gasteiger partial charge in [-0.2, -0.15) is 35.3 Å². The quantitative estimate of drug-likeness (QED) is 0.0304. The summed E-state index contributed by atoms with van der Waals surface area (Å²) in [7, 11) is 11.8. The van der Waals surface area contributed by atoms with Crippen molar-refractivity contribution < 1.29 is 91.6 Å². The van der Waals surface area contributed by atoms with Gasteiger partial charge in [-0.05, 0) is 249 Å². The zero-order chi connectivity index (χ0) is 97.4. The number of ether oxygens (including phenoxy) is 5. The monoisotopic (exact) mass is 1950 g/mol. The Hall–Kier alpha value is -11.4. The van der Waals surface area contributed by atoms with Crippen molar-refractivity contribution in [1.29, 1.82) is 0 Å². The lowest BCUT2D eigenvalue weighted by molar-refractivity contribution is -0.224. The summed E-state index contributed by atoms with van der Waals surface area (Å²) in [6.07, 6.45) is 22.7. The van der Waals surface area contributed by atoms with Gasteiger partial charge in [0.25, 0.3) is 29.5 Å². The molecule has 712 valence electrons. The number of carbonyl (C=O) groups excluding carboxylic acids is 4. The molecule has 40 heteroatoms. The van der Waals surface area contributed by atoms with Crippen molar-refractivity contribution >= 4 is 123 Å². The topological polar surface area (TPSA) is 381 Å². The zero-order valence-electron chi connectivity index (χ0n) is 77.2. The van der Waals surface area contributed by atoms with Gasteiger partial charge in [0.1, 0.15) is 40.1 Å². The third-order valence-corrected chi connectivity index (χ3v) is 23.7. The Morgan fingerprint density at radius 3 is 1.25 bits per heavy atom. The number of carbonyl (C=O) groups is 5. The molecule has 4 aliphatic rings. The predicted molar refractivity (Wildman–Crippen MR) is 519 cm³/mol. The normalized spacial score (nSPS) is 14.0. The Bertz CT molecular complexity index is 5560. The van der Waals surface area contributed by atoms with Crippen LogP contribution in [-0.2, 0) is 38.1 Å². The minimum Gasteiger partial charge on any atom is -0.508 e. The summed E-state index contributed by atoms with van der Waals surface area (Å²) >= 11 is 22.5. The van der Waals surface area contributed by atoms with Crippen LogP contribution in [0.15, 0.2) is 219 Å². The van der Waals surface area contributed by atoms with Gasteiger partial charge in [-0.25, -0.2) is 64.9 Å². The second-order valence-electron chi connectivity index (χ2n) is 30.4. The first kappa shape index (κ1) is 108. The molecule has 2 fully saturated rings. The van der Waals surface area contributed by atoms with Gasteiger partial charge in [0.2, 0.25) is 18.2 Å². The number of rotatable bonds is 23. The summed E-state index contributed by atoms with van der Waals surface area (Å²) < 4.78 is 42.9. The zero-order valence-corrected chi connectivity index (χ0v) is 81.9. The Balaban J connectivity index is 0.000000193. The van der Waals surface area contributed by atoms with Crippen molar-refractivity contribution in [1.82, 2.24) is 69.7 Å². The highest BCUT2D eigenvalue weighted by Gasteiger charge is 2.52. The number of fused-ring (bicyclic) bond motifs is 1. The number of carboxylic acid groups (broad SMARTS) is 1. The van der Waals surface area contributed by atoms with E-state index in [4.69, 9.17) is 102 Å². The number of phenols is 2. The fourth-order valence-corrected chi connectivity index (χ4v) is 15.0. The number of halogens is 3. The molecule has 4 aliphatic heterocycles. The maximum atomic E-state index is 12.0. The molecule has 0 spiro atoms. The van der Waals surface area contributed by atoms with E-state index in [0.29, 0.717) is 57.2 Å². The van der Waals surface area contributed by atoms with E-state index in [1.807, 2.05) is 91.8 Å². The van der Waals surface area contributed by atoms with Crippen LogP contribution < -0.4 is 14.2 Å². The highest BCUT2D eigenvalue weighted by atomic mass is 35.5. The van der Waals surface area contributed by atoms with Crippen LogP contribution in [0, 0.1) is 0 Å². The first-order chi connectivity index (χ1) is 64.1. The van der Waals surface area contributed by atoms with Crippen molar-refractivity contribution in [3.8, 4) is 46.4 Å². The van der Waals surface area contributed by atoms with Crippen LogP contribution in [0.2, 0.25) is 15.5 Å². The molecule has 0 aliphatic carbocycles. The number of allylic oxidation sites excluding steroid dienone is 2. The molecule has 6 aromatic carbocycles. The Morgan fingerprint density at radius 2 is 0.836 bits per heavy atom. The number of benzene rings is 6. The number of para-hydroxylation sites is 2. The lowest BCUT2D eigenvalue weighted by Crippen LogP contribution is -2.41. The van der Waals surface area contributed by atoms with Crippen LogP contribution in [0.1, 0.15) is 157 Å². The number of hydrogen-bond donors (Lipinski definition) is 3. The van der Waals surface area contributed by atoms with Gasteiger partial charge < -0.3 is 48.3 Å². The second-order valence-corrected chi connectivity index (χ2v) is 35.0. The molecule has 5 aromatic heterocycles. The number of hydrogen-bond acceptors (Lipinski definition) is 30. The van der Waals surface area contributed by atoms with Crippen molar-refractivity contribution in [3.63, 3.8) is 0 Å². The van der Waals surface area contributed by atoms with Crippen molar-refractivity contribution in [3.05, 3.63) is 274 Å². The molecule has 0 radical (unpaired) electrons. The molecule has 33 nitrogen and oxygen atoms in total. The fourth-order valence-electron chi connectivity index (χ4n) is 11.8. The summed E-state index contributed by atoms with van der Waals surface area (Å²) in [5.74, 6) is 8.28. The number of aromatic carboxylic acids is 1. The van der Waals surface area contributed by atoms with Crippen molar-refractivity contribution in [2.75, 3.05) is 91.1 Å².